The summed E-state index contributed by atoms with van der Waals surface area (Å²) >= 11 is 0. The van der Waals surface area contributed by atoms with E-state index < -0.39 is 0 Å². The number of aryl methyl sites for hydroxylation is 1. The molecule has 19 heavy (non-hydrogen) atoms. The fourth-order valence-corrected chi connectivity index (χ4v) is 2.02. The maximum Gasteiger partial charge on any atom is 0.153 e. The van der Waals surface area contributed by atoms with Crippen LogP contribution in [-0.4, -0.2) is 0 Å². The Balaban J connectivity index is 2.23. The number of ether oxygens (including phenoxy) is 1. The molecule has 0 aliphatic carbocycles. The molecular weight excluding hydrogens is 241 g/mol. The minimum absolute atomic E-state index is 0.0885. The first-order valence-electron chi connectivity index (χ1n) is 6.37. The van der Waals surface area contributed by atoms with Crippen LogP contribution in [0.15, 0.2) is 36.4 Å². The average molecular weight is 259 g/mol. The zero-order valence-electron chi connectivity index (χ0n) is 11.2. The van der Waals surface area contributed by atoms with Crippen molar-refractivity contribution >= 4 is 5.69 Å². The normalized spacial score (nSPS) is 10.5. The molecule has 0 saturated heterocycles. The maximum absolute atomic E-state index is 14.0. The summed E-state index contributed by atoms with van der Waals surface area (Å²) in [5.41, 5.74) is 8.42. The van der Waals surface area contributed by atoms with Crippen LogP contribution in [0, 0.1) is 12.7 Å². The summed E-state index contributed by atoms with van der Waals surface area (Å²) in [6, 6.07) is 11.6. The molecule has 2 aromatic carbocycles. The van der Waals surface area contributed by atoms with E-state index in [1.54, 1.807) is 6.92 Å². The van der Waals surface area contributed by atoms with Gasteiger partial charge in [-0.1, -0.05) is 37.3 Å². The number of nitrogen functional groups attached to an aromatic ring is 1. The molecule has 0 bridgehead atoms. The van der Waals surface area contributed by atoms with Crippen molar-refractivity contribution in [1.82, 2.24) is 0 Å². The van der Waals surface area contributed by atoms with Crippen LogP contribution in [0.1, 0.15) is 23.6 Å². The second-order valence-electron chi connectivity index (χ2n) is 4.51. The number of anilines is 1. The summed E-state index contributed by atoms with van der Waals surface area (Å²) < 4.78 is 19.6. The summed E-state index contributed by atoms with van der Waals surface area (Å²) in [7, 11) is 0. The summed E-state index contributed by atoms with van der Waals surface area (Å²) in [5.74, 6) is 0.0474. The standard InChI is InChI=1S/C16H18FNO/c1-3-13-9-14(16(18)15(17)11(13)2)19-10-12-7-5-4-6-8-12/h4-9H,3,10,18H2,1-2H3. The van der Waals surface area contributed by atoms with Crippen molar-refractivity contribution in [3.8, 4) is 5.75 Å². The number of hydrogen-bond donors (Lipinski definition) is 1. The summed E-state index contributed by atoms with van der Waals surface area (Å²) in [4.78, 5) is 0. The van der Waals surface area contributed by atoms with E-state index >= 15 is 0 Å². The second kappa shape index (κ2) is 5.74. The van der Waals surface area contributed by atoms with Gasteiger partial charge in [0.2, 0.25) is 0 Å². The SMILES string of the molecule is CCc1cc(OCc2ccccc2)c(N)c(F)c1C. The third-order valence-corrected chi connectivity index (χ3v) is 3.24. The molecule has 2 rings (SSSR count). The van der Waals surface area contributed by atoms with Crippen LogP contribution in [0.5, 0.6) is 5.75 Å². The van der Waals surface area contributed by atoms with Crippen LogP contribution in [0.3, 0.4) is 0 Å². The highest BCUT2D eigenvalue weighted by Gasteiger charge is 2.13. The molecule has 2 aromatic rings. The Morgan fingerprint density at radius 3 is 2.53 bits per heavy atom. The lowest BCUT2D eigenvalue weighted by atomic mass is 10.0. The topological polar surface area (TPSA) is 35.2 Å². The first-order chi connectivity index (χ1) is 9.13. The van der Waals surface area contributed by atoms with Crippen molar-refractivity contribution in [2.75, 3.05) is 5.73 Å². The van der Waals surface area contributed by atoms with Gasteiger partial charge in [-0.3, -0.25) is 0 Å². The van der Waals surface area contributed by atoms with Crippen LogP contribution in [-0.2, 0) is 13.0 Å². The van der Waals surface area contributed by atoms with E-state index in [0.29, 0.717) is 17.9 Å². The van der Waals surface area contributed by atoms with E-state index in [-0.39, 0.29) is 11.5 Å². The van der Waals surface area contributed by atoms with Crippen LogP contribution < -0.4 is 10.5 Å². The van der Waals surface area contributed by atoms with Gasteiger partial charge >= 0.3 is 0 Å². The Morgan fingerprint density at radius 2 is 1.89 bits per heavy atom. The van der Waals surface area contributed by atoms with Crippen molar-refractivity contribution in [2.24, 2.45) is 0 Å². The van der Waals surface area contributed by atoms with Gasteiger partial charge in [0, 0.05) is 0 Å². The van der Waals surface area contributed by atoms with E-state index in [9.17, 15) is 4.39 Å². The quantitative estimate of drug-likeness (QED) is 0.846. The Kier molecular flexibility index (Phi) is 4.05. The molecule has 100 valence electrons. The largest absolute Gasteiger partial charge is 0.487 e. The maximum atomic E-state index is 14.0. The molecule has 0 amide bonds. The minimum Gasteiger partial charge on any atom is -0.487 e. The van der Waals surface area contributed by atoms with Crippen LogP contribution in [0.25, 0.3) is 0 Å². The van der Waals surface area contributed by atoms with Gasteiger partial charge < -0.3 is 10.5 Å². The Bertz CT molecular complexity index is 567. The number of rotatable bonds is 4. The van der Waals surface area contributed by atoms with Crippen LogP contribution >= 0.6 is 0 Å². The number of hydrogen-bond acceptors (Lipinski definition) is 2. The number of halogens is 1. The van der Waals surface area contributed by atoms with Gasteiger partial charge in [0.05, 0.1) is 0 Å². The first kappa shape index (κ1) is 13.4. The minimum atomic E-state index is -0.373. The van der Waals surface area contributed by atoms with Gasteiger partial charge in [0.15, 0.2) is 5.82 Å². The van der Waals surface area contributed by atoms with E-state index in [0.717, 1.165) is 17.5 Å². The summed E-state index contributed by atoms with van der Waals surface area (Å²) in [5, 5.41) is 0. The highest BCUT2D eigenvalue weighted by Crippen LogP contribution is 2.30. The fourth-order valence-electron chi connectivity index (χ4n) is 2.02. The molecule has 0 aromatic heterocycles. The lowest BCUT2D eigenvalue weighted by molar-refractivity contribution is 0.306. The lowest BCUT2D eigenvalue weighted by Crippen LogP contribution is -2.04. The third-order valence-electron chi connectivity index (χ3n) is 3.24. The van der Waals surface area contributed by atoms with Crippen LogP contribution in [0.4, 0.5) is 10.1 Å². The third kappa shape index (κ3) is 2.87. The smallest absolute Gasteiger partial charge is 0.153 e. The van der Waals surface area contributed by atoms with Gasteiger partial charge in [-0.25, -0.2) is 4.39 Å². The molecule has 3 heteroatoms. The van der Waals surface area contributed by atoms with E-state index in [4.69, 9.17) is 10.5 Å². The van der Waals surface area contributed by atoms with Gasteiger partial charge in [0.25, 0.3) is 0 Å². The molecule has 0 fully saturated rings. The molecule has 0 radical (unpaired) electrons. The van der Waals surface area contributed by atoms with Gasteiger partial charge in [-0.05, 0) is 36.1 Å². The molecule has 0 heterocycles. The number of nitrogens with two attached hydrogens (primary N) is 1. The highest BCUT2D eigenvalue weighted by atomic mass is 19.1. The average Bonchev–Trinajstić information content (AvgIpc) is 2.45. The Hall–Kier alpha value is -2.03. The molecule has 2 nitrogen and oxygen atoms in total. The van der Waals surface area contributed by atoms with Crippen molar-refractivity contribution in [3.05, 3.63) is 58.9 Å². The van der Waals surface area contributed by atoms with Crippen molar-refractivity contribution in [1.29, 1.82) is 0 Å². The Morgan fingerprint density at radius 1 is 1.21 bits per heavy atom. The monoisotopic (exact) mass is 259 g/mol. The molecule has 0 unspecified atom stereocenters. The first-order valence-corrected chi connectivity index (χ1v) is 6.37. The van der Waals surface area contributed by atoms with Gasteiger partial charge in [0.1, 0.15) is 18.0 Å². The summed E-state index contributed by atoms with van der Waals surface area (Å²) in [6.45, 7) is 4.11. The predicted octanol–water partition coefficient (Wildman–Crippen LogP) is 3.86. The number of benzene rings is 2. The lowest BCUT2D eigenvalue weighted by Gasteiger charge is -2.14. The van der Waals surface area contributed by atoms with E-state index in [1.165, 1.54) is 0 Å². The molecule has 0 aliphatic rings. The molecule has 0 atom stereocenters. The molecule has 0 aliphatic heterocycles. The van der Waals surface area contributed by atoms with Gasteiger partial charge in [-0.2, -0.15) is 0 Å². The van der Waals surface area contributed by atoms with Gasteiger partial charge in [-0.15, -0.1) is 0 Å². The summed E-state index contributed by atoms with van der Waals surface area (Å²) in [6.07, 6.45) is 0.755. The molecular formula is C16H18FNO. The van der Waals surface area contributed by atoms with E-state index in [1.807, 2.05) is 43.3 Å². The Labute approximate surface area is 113 Å². The predicted molar refractivity (Wildman–Crippen MR) is 75.7 cm³/mol. The van der Waals surface area contributed by atoms with Crippen molar-refractivity contribution in [3.63, 3.8) is 0 Å². The molecule has 2 N–H and O–H groups in total. The zero-order chi connectivity index (χ0) is 13.8. The molecule has 0 saturated carbocycles. The molecule has 0 spiro atoms. The second-order valence-corrected chi connectivity index (χ2v) is 4.51. The van der Waals surface area contributed by atoms with E-state index in [2.05, 4.69) is 0 Å². The highest BCUT2D eigenvalue weighted by molar-refractivity contribution is 5.58. The zero-order valence-corrected chi connectivity index (χ0v) is 11.2. The van der Waals surface area contributed by atoms with Crippen molar-refractivity contribution < 1.29 is 9.13 Å². The van der Waals surface area contributed by atoms with Crippen molar-refractivity contribution in [2.45, 2.75) is 26.9 Å². The fraction of sp³-hybridized carbons (Fsp3) is 0.250. The van der Waals surface area contributed by atoms with Crippen LogP contribution in [0.2, 0.25) is 0 Å².